The molecule has 0 aromatic heterocycles. The number of rotatable bonds is 4. The van der Waals surface area contributed by atoms with Gasteiger partial charge in [-0.25, -0.2) is 9.38 Å². The smallest absolute Gasteiger partial charge is 0.302 e. The summed E-state index contributed by atoms with van der Waals surface area (Å²) in [6, 6.07) is 5.17. The SMILES string of the molecule is CC(=O)OC1CC2CC1CC2Cc1ccc(F)c([C@@]2(C)N=C(N)N(C)C(=O)C2(C)C)c1. The fraction of sp³-hybridized carbons (Fsp3) is 0.625. The van der Waals surface area contributed by atoms with Crippen LogP contribution in [0.15, 0.2) is 23.2 Å². The van der Waals surface area contributed by atoms with Crippen LogP contribution in [0.25, 0.3) is 0 Å². The van der Waals surface area contributed by atoms with Crippen LogP contribution >= 0.6 is 0 Å². The molecule has 2 N–H and O–H groups in total. The van der Waals surface area contributed by atoms with E-state index in [2.05, 4.69) is 4.99 Å². The molecule has 5 atom stereocenters. The summed E-state index contributed by atoms with van der Waals surface area (Å²) >= 11 is 0. The quantitative estimate of drug-likeness (QED) is 0.744. The number of carbonyl (C=O) groups excluding carboxylic acids is 2. The summed E-state index contributed by atoms with van der Waals surface area (Å²) < 4.78 is 20.5. The summed E-state index contributed by atoms with van der Waals surface area (Å²) in [5.41, 5.74) is 5.40. The van der Waals surface area contributed by atoms with Gasteiger partial charge in [0, 0.05) is 19.5 Å². The largest absolute Gasteiger partial charge is 0.462 e. The average molecular weight is 430 g/mol. The van der Waals surface area contributed by atoms with Crippen molar-refractivity contribution in [3.05, 3.63) is 35.1 Å². The first-order valence-corrected chi connectivity index (χ1v) is 11.0. The Hall–Kier alpha value is -2.44. The van der Waals surface area contributed by atoms with Crippen molar-refractivity contribution in [1.82, 2.24) is 4.90 Å². The van der Waals surface area contributed by atoms with Gasteiger partial charge in [-0.3, -0.25) is 14.5 Å². The summed E-state index contributed by atoms with van der Waals surface area (Å²) in [6.45, 7) is 6.83. The summed E-state index contributed by atoms with van der Waals surface area (Å²) in [4.78, 5) is 30.2. The topological polar surface area (TPSA) is 85.0 Å². The maximum absolute atomic E-state index is 15.0. The van der Waals surface area contributed by atoms with Gasteiger partial charge in [0.2, 0.25) is 5.91 Å². The third kappa shape index (κ3) is 3.42. The molecule has 4 rings (SSSR count). The number of guanidine groups is 1. The molecule has 1 aromatic carbocycles. The highest BCUT2D eigenvalue weighted by Gasteiger charge is 2.54. The summed E-state index contributed by atoms with van der Waals surface area (Å²) in [6.07, 6.45) is 3.90. The molecule has 2 saturated carbocycles. The molecular formula is C24H32FN3O3. The molecule has 4 unspecified atom stereocenters. The predicted octanol–water partition coefficient (Wildman–Crippen LogP) is 3.37. The third-order valence-corrected chi connectivity index (χ3v) is 8.05. The number of carbonyl (C=O) groups is 2. The second-order valence-corrected chi connectivity index (χ2v) is 10.2. The number of nitrogens with two attached hydrogens (primary N) is 1. The molecular weight excluding hydrogens is 397 g/mol. The lowest BCUT2D eigenvalue weighted by atomic mass is 9.67. The zero-order chi connectivity index (χ0) is 22.7. The molecule has 1 aliphatic heterocycles. The van der Waals surface area contributed by atoms with Gasteiger partial charge in [-0.1, -0.05) is 12.1 Å². The molecule has 1 amide bonds. The zero-order valence-corrected chi connectivity index (χ0v) is 18.9. The molecule has 2 bridgehead atoms. The van der Waals surface area contributed by atoms with Gasteiger partial charge in [-0.05, 0) is 75.8 Å². The minimum absolute atomic E-state index is 0.0461. The van der Waals surface area contributed by atoms with Crippen molar-refractivity contribution in [2.75, 3.05) is 7.05 Å². The van der Waals surface area contributed by atoms with Crippen molar-refractivity contribution in [2.24, 2.45) is 33.9 Å². The molecule has 1 heterocycles. The van der Waals surface area contributed by atoms with Crippen molar-refractivity contribution in [3.8, 4) is 0 Å². The van der Waals surface area contributed by atoms with E-state index in [1.54, 1.807) is 27.8 Å². The Bertz CT molecular complexity index is 959. The molecule has 168 valence electrons. The maximum atomic E-state index is 15.0. The van der Waals surface area contributed by atoms with Crippen LogP contribution in [-0.4, -0.2) is 35.9 Å². The highest BCUT2D eigenvalue weighted by molar-refractivity contribution is 6.01. The number of amides is 1. The first-order chi connectivity index (χ1) is 14.4. The van der Waals surface area contributed by atoms with Gasteiger partial charge in [-0.15, -0.1) is 0 Å². The number of nitrogens with zero attached hydrogens (tertiary/aromatic N) is 2. The van der Waals surface area contributed by atoms with Gasteiger partial charge >= 0.3 is 5.97 Å². The standard InChI is InChI=1S/C24H32FN3O3/c1-13(29)31-20-12-16-11-17(20)10-15(16)8-14-6-7-19(25)18(9-14)24(4)23(2,3)21(30)28(5)22(26)27-24/h6-7,9,15-17,20H,8,10-12H2,1-5H3,(H2,26,27)/t15?,16?,17?,20?,24-/m1/s1. The number of benzene rings is 1. The van der Waals surface area contributed by atoms with E-state index < -0.39 is 11.0 Å². The lowest BCUT2D eigenvalue weighted by molar-refractivity contribution is -0.149. The molecule has 0 spiro atoms. The normalized spacial score (nSPS) is 34.1. The van der Waals surface area contributed by atoms with Gasteiger partial charge in [-0.2, -0.15) is 0 Å². The van der Waals surface area contributed by atoms with Crippen LogP contribution in [0.1, 0.15) is 58.1 Å². The second kappa shape index (κ2) is 7.31. The second-order valence-electron chi connectivity index (χ2n) is 10.2. The Morgan fingerprint density at radius 3 is 2.58 bits per heavy atom. The number of ether oxygens (including phenoxy) is 1. The van der Waals surface area contributed by atoms with Crippen LogP contribution in [0.4, 0.5) is 4.39 Å². The number of halogens is 1. The van der Waals surface area contributed by atoms with Crippen LogP contribution in [0.3, 0.4) is 0 Å². The van der Waals surface area contributed by atoms with Gasteiger partial charge in [0.25, 0.3) is 0 Å². The van der Waals surface area contributed by atoms with E-state index in [0.29, 0.717) is 23.3 Å². The van der Waals surface area contributed by atoms with Crippen LogP contribution in [0.2, 0.25) is 0 Å². The van der Waals surface area contributed by atoms with Crippen molar-refractivity contribution in [2.45, 2.75) is 65.0 Å². The van der Waals surface area contributed by atoms with Gasteiger partial charge in [0.1, 0.15) is 17.5 Å². The van der Waals surface area contributed by atoms with Crippen molar-refractivity contribution < 1.29 is 18.7 Å². The molecule has 6 nitrogen and oxygen atoms in total. The van der Waals surface area contributed by atoms with E-state index in [4.69, 9.17) is 10.5 Å². The summed E-state index contributed by atoms with van der Waals surface area (Å²) in [5.74, 6) is 0.762. The number of esters is 1. The van der Waals surface area contributed by atoms with E-state index in [0.717, 1.165) is 31.2 Å². The van der Waals surface area contributed by atoms with Crippen LogP contribution in [-0.2, 0) is 26.3 Å². The maximum Gasteiger partial charge on any atom is 0.302 e. The van der Waals surface area contributed by atoms with E-state index in [1.807, 2.05) is 12.1 Å². The Morgan fingerprint density at radius 1 is 1.26 bits per heavy atom. The van der Waals surface area contributed by atoms with E-state index in [-0.39, 0.29) is 29.8 Å². The molecule has 0 saturated heterocycles. The molecule has 31 heavy (non-hydrogen) atoms. The summed E-state index contributed by atoms with van der Waals surface area (Å²) in [7, 11) is 1.59. The van der Waals surface area contributed by atoms with E-state index in [9.17, 15) is 9.59 Å². The molecule has 2 fully saturated rings. The molecule has 2 aliphatic carbocycles. The van der Waals surface area contributed by atoms with Crippen LogP contribution < -0.4 is 5.73 Å². The van der Waals surface area contributed by atoms with Crippen molar-refractivity contribution >= 4 is 17.8 Å². The Balaban J connectivity index is 1.59. The third-order valence-electron chi connectivity index (χ3n) is 8.05. The Morgan fingerprint density at radius 2 is 1.97 bits per heavy atom. The predicted molar refractivity (Wildman–Crippen MR) is 116 cm³/mol. The van der Waals surface area contributed by atoms with E-state index in [1.165, 1.54) is 17.9 Å². The van der Waals surface area contributed by atoms with Crippen LogP contribution in [0.5, 0.6) is 0 Å². The highest BCUT2D eigenvalue weighted by Crippen LogP contribution is 2.51. The highest BCUT2D eigenvalue weighted by atomic mass is 19.1. The first-order valence-electron chi connectivity index (χ1n) is 11.0. The number of hydrogen-bond donors (Lipinski definition) is 1. The van der Waals surface area contributed by atoms with Gasteiger partial charge < -0.3 is 10.5 Å². The molecule has 7 heteroatoms. The van der Waals surface area contributed by atoms with Crippen molar-refractivity contribution in [3.63, 3.8) is 0 Å². The summed E-state index contributed by atoms with van der Waals surface area (Å²) in [5, 5.41) is 0. The fourth-order valence-corrected chi connectivity index (χ4v) is 5.90. The van der Waals surface area contributed by atoms with Gasteiger partial charge in [0.15, 0.2) is 5.96 Å². The monoisotopic (exact) mass is 429 g/mol. The Labute approximate surface area is 183 Å². The minimum Gasteiger partial charge on any atom is -0.462 e. The first kappa shape index (κ1) is 21.8. The van der Waals surface area contributed by atoms with Crippen LogP contribution in [0, 0.1) is 29.0 Å². The number of hydrogen-bond acceptors (Lipinski definition) is 5. The lowest BCUT2D eigenvalue weighted by Gasteiger charge is -2.46. The average Bonchev–Trinajstić information content (AvgIpc) is 3.26. The number of aliphatic imine (C=N–C) groups is 1. The molecule has 0 radical (unpaired) electrons. The van der Waals surface area contributed by atoms with Gasteiger partial charge in [0.05, 0.1) is 5.41 Å². The zero-order valence-electron chi connectivity index (χ0n) is 18.9. The van der Waals surface area contributed by atoms with Crippen molar-refractivity contribution in [1.29, 1.82) is 0 Å². The molecule has 1 aromatic rings. The minimum atomic E-state index is -1.10. The Kier molecular flexibility index (Phi) is 5.14. The fourth-order valence-electron chi connectivity index (χ4n) is 5.90. The van der Waals surface area contributed by atoms with E-state index >= 15 is 4.39 Å². The number of fused-ring (bicyclic) bond motifs is 2. The molecule has 3 aliphatic rings. The lowest BCUT2D eigenvalue weighted by Crippen LogP contribution is -2.58.